The van der Waals surface area contributed by atoms with Gasteiger partial charge in [0.25, 0.3) is 0 Å². The summed E-state index contributed by atoms with van der Waals surface area (Å²) in [7, 11) is 4.17. The van der Waals surface area contributed by atoms with Crippen molar-refractivity contribution in [2.24, 2.45) is 4.99 Å². The van der Waals surface area contributed by atoms with Crippen LogP contribution in [0.5, 0.6) is 5.75 Å². The lowest BCUT2D eigenvalue weighted by Gasteiger charge is -2.33. The number of hydrogen-bond donors (Lipinski definition) is 2. The lowest BCUT2D eigenvalue weighted by atomic mass is 10.0. The molecule has 1 aliphatic heterocycles. The maximum absolute atomic E-state index is 15.0. The van der Waals surface area contributed by atoms with Crippen LogP contribution >= 0.6 is 11.9 Å². The molecule has 2 aromatic carbocycles. The van der Waals surface area contributed by atoms with Crippen molar-refractivity contribution in [2.75, 3.05) is 37.4 Å². The Bertz CT molecular complexity index is 1120. The van der Waals surface area contributed by atoms with E-state index in [1.165, 1.54) is 24.9 Å². The summed E-state index contributed by atoms with van der Waals surface area (Å²) in [5, 5.41) is 3.41. The predicted octanol–water partition coefficient (Wildman–Crippen LogP) is 6.65. The van der Waals surface area contributed by atoms with Crippen molar-refractivity contribution in [1.82, 2.24) is 9.62 Å². The SMILES string of the molecule is C/C=N\C(=C/C)NSc1cc(C)c(Nc2ccc(OC(C)F)cc2N2CCC(C)(N(C)C)C2)cc1F. The van der Waals surface area contributed by atoms with Crippen LogP contribution in [-0.2, 0) is 0 Å². The molecular weight excluding hydrogens is 480 g/mol. The molecular formula is C27H37F2N5OS. The fourth-order valence-corrected chi connectivity index (χ4v) is 4.85. The van der Waals surface area contributed by atoms with E-state index in [-0.39, 0.29) is 11.4 Å². The molecule has 0 aliphatic carbocycles. The first-order chi connectivity index (χ1) is 17.1. The molecule has 6 nitrogen and oxygen atoms in total. The molecule has 196 valence electrons. The summed E-state index contributed by atoms with van der Waals surface area (Å²) in [6.07, 6.45) is 3.09. The minimum absolute atomic E-state index is 0.0169. The molecule has 2 aromatic rings. The lowest BCUT2D eigenvalue weighted by molar-refractivity contribution is 0.0861. The third-order valence-corrected chi connectivity index (χ3v) is 7.34. The van der Waals surface area contributed by atoms with Gasteiger partial charge in [-0.2, -0.15) is 0 Å². The molecule has 1 fully saturated rings. The first-order valence-corrected chi connectivity index (χ1v) is 12.9. The number of anilines is 3. The van der Waals surface area contributed by atoms with Gasteiger partial charge in [0, 0.05) is 43.5 Å². The van der Waals surface area contributed by atoms with Crippen molar-refractivity contribution in [3.8, 4) is 5.75 Å². The highest BCUT2D eigenvalue weighted by Gasteiger charge is 2.36. The number of allylic oxidation sites excluding steroid dienone is 1. The molecule has 3 rings (SSSR count). The number of hydrogen-bond acceptors (Lipinski definition) is 7. The first kappa shape index (κ1) is 27.8. The van der Waals surface area contributed by atoms with E-state index in [0.717, 1.165) is 36.4 Å². The first-order valence-electron chi connectivity index (χ1n) is 12.1. The van der Waals surface area contributed by atoms with Crippen molar-refractivity contribution in [3.05, 3.63) is 53.6 Å². The zero-order valence-corrected chi connectivity index (χ0v) is 23.0. The van der Waals surface area contributed by atoms with Gasteiger partial charge in [-0.25, -0.2) is 13.8 Å². The largest absolute Gasteiger partial charge is 0.461 e. The van der Waals surface area contributed by atoms with Crippen LogP contribution in [0.15, 0.2) is 52.1 Å². The number of halogens is 2. The summed E-state index contributed by atoms with van der Waals surface area (Å²) in [4.78, 5) is 9.19. The number of nitrogens with one attached hydrogen (secondary N) is 2. The third-order valence-electron chi connectivity index (χ3n) is 6.50. The standard InChI is InChI=1S/C27H37F2N5OS/c1-8-26(30-9-2)32-36-25-14-18(3)23(16-21(25)29)31-22-11-10-20(35-19(4)28)15-24(22)34-13-12-27(5,17-34)33(6)7/h8-11,14-16,19,31-32H,12-13,17H2,1-7H3/b26-8+,30-9-. The minimum atomic E-state index is -1.41. The Kier molecular flexibility index (Phi) is 9.24. The Balaban J connectivity index is 1.89. The van der Waals surface area contributed by atoms with Gasteiger partial charge in [-0.05, 0) is 96.1 Å². The van der Waals surface area contributed by atoms with Gasteiger partial charge in [0.1, 0.15) is 17.4 Å². The molecule has 1 heterocycles. The summed E-state index contributed by atoms with van der Waals surface area (Å²) in [5.41, 5.74) is 3.28. The van der Waals surface area contributed by atoms with Gasteiger partial charge in [-0.1, -0.05) is 0 Å². The van der Waals surface area contributed by atoms with E-state index >= 15 is 4.39 Å². The van der Waals surface area contributed by atoms with E-state index < -0.39 is 6.36 Å². The second kappa shape index (κ2) is 12.0. The average molecular weight is 518 g/mol. The number of benzene rings is 2. The van der Waals surface area contributed by atoms with Gasteiger partial charge < -0.3 is 24.6 Å². The van der Waals surface area contributed by atoms with Crippen LogP contribution in [0.25, 0.3) is 0 Å². The monoisotopic (exact) mass is 517 g/mol. The lowest BCUT2D eigenvalue weighted by Crippen LogP contribution is -2.43. The van der Waals surface area contributed by atoms with Gasteiger partial charge >= 0.3 is 0 Å². The third kappa shape index (κ3) is 6.70. The van der Waals surface area contributed by atoms with Gasteiger partial charge in [0.2, 0.25) is 6.36 Å². The van der Waals surface area contributed by atoms with Crippen molar-refractivity contribution >= 4 is 35.2 Å². The van der Waals surface area contributed by atoms with Crippen molar-refractivity contribution in [1.29, 1.82) is 0 Å². The highest BCUT2D eigenvalue weighted by Crippen LogP contribution is 2.39. The van der Waals surface area contributed by atoms with Crippen LogP contribution in [0, 0.1) is 12.7 Å². The molecule has 2 N–H and O–H groups in total. The van der Waals surface area contributed by atoms with E-state index in [1.807, 2.05) is 39.0 Å². The predicted molar refractivity (Wildman–Crippen MR) is 148 cm³/mol. The van der Waals surface area contributed by atoms with Gasteiger partial charge in [-0.15, -0.1) is 0 Å². The average Bonchev–Trinajstić information content (AvgIpc) is 3.23. The number of aliphatic imine (C=N–C) groups is 1. The Hall–Kier alpha value is -2.78. The maximum atomic E-state index is 15.0. The van der Waals surface area contributed by atoms with Gasteiger partial charge in [0.05, 0.1) is 16.3 Å². The number of alkyl halides is 1. The molecule has 0 radical (unpaired) electrons. The molecule has 9 heteroatoms. The Morgan fingerprint density at radius 2 is 2.00 bits per heavy atom. The number of rotatable bonds is 10. The molecule has 2 unspecified atom stereocenters. The highest BCUT2D eigenvalue weighted by atomic mass is 32.2. The van der Waals surface area contributed by atoms with E-state index in [1.54, 1.807) is 18.3 Å². The quantitative estimate of drug-likeness (QED) is 0.272. The molecule has 0 bridgehead atoms. The van der Waals surface area contributed by atoms with E-state index in [4.69, 9.17) is 4.74 Å². The fourth-order valence-electron chi connectivity index (χ4n) is 4.07. The Morgan fingerprint density at radius 1 is 1.25 bits per heavy atom. The summed E-state index contributed by atoms with van der Waals surface area (Å²) in [6, 6.07) is 8.76. The van der Waals surface area contributed by atoms with Crippen LogP contribution < -0.4 is 19.7 Å². The zero-order chi connectivity index (χ0) is 26.5. The maximum Gasteiger partial charge on any atom is 0.235 e. The second-order valence-corrected chi connectivity index (χ2v) is 10.2. The number of ether oxygens (including phenoxy) is 1. The summed E-state index contributed by atoms with van der Waals surface area (Å²) in [5.74, 6) is 0.775. The smallest absolute Gasteiger partial charge is 0.235 e. The molecule has 0 saturated carbocycles. The van der Waals surface area contributed by atoms with E-state index in [9.17, 15) is 4.39 Å². The summed E-state index contributed by atoms with van der Waals surface area (Å²) >= 11 is 1.18. The molecule has 0 amide bonds. The number of aryl methyl sites for hydroxylation is 1. The summed E-state index contributed by atoms with van der Waals surface area (Å²) in [6.45, 7) is 10.9. The zero-order valence-electron chi connectivity index (χ0n) is 22.2. The van der Waals surface area contributed by atoms with Gasteiger partial charge in [0.15, 0.2) is 0 Å². The van der Waals surface area contributed by atoms with Crippen LogP contribution in [0.4, 0.5) is 25.8 Å². The second-order valence-electron chi connectivity index (χ2n) is 9.39. The normalized spacial score (nSPS) is 19.3. The van der Waals surface area contributed by atoms with E-state index in [0.29, 0.717) is 22.2 Å². The minimum Gasteiger partial charge on any atom is -0.461 e. The molecule has 1 aliphatic rings. The number of nitrogens with zero attached hydrogens (tertiary/aromatic N) is 3. The van der Waals surface area contributed by atoms with Crippen LogP contribution in [0.3, 0.4) is 0 Å². The Morgan fingerprint density at radius 3 is 2.61 bits per heavy atom. The molecule has 36 heavy (non-hydrogen) atoms. The fraction of sp³-hybridized carbons (Fsp3) is 0.444. The van der Waals surface area contributed by atoms with Crippen LogP contribution in [0.1, 0.15) is 39.7 Å². The topological polar surface area (TPSA) is 52.1 Å². The van der Waals surface area contributed by atoms with Crippen molar-refractivity contribution in [3.63, 3.8) is 0 Å². The van der Waals surface area contributed by atoms with Crippen LogP contribution in [-0.4, -0.2) is 50.2 Å². The Labute approximate surface area is 217 Å². The molecule has 0 aromatic heterocycles. The molecule has 1 saturated heterocycles. The molecule has 2 atom stereocenters. The van der Waals surface area contributed by atoms with Crippen molar-refractivity contribution < 1.29 is 13.5 Å². The highest BCUT2D eigenvalue weighted by molar-refractivity contribution is 7.97. The van der Waals surface area contributed by atoms with Crippen molar-refractivity contribution in [2.45, 2.75) is 57.8 Å². The van der Waals surface area contributed by atoms with E-state index in [2.05, 4.69) is 45.9 Å². The summed E-state index contributed by atoms with van der Waals surface area (Å²) < 4.78 is 37.0. The van der Waals surface area contributed by atoms with Crippen LogP contribution in [0.2, 0.25) is 0 Å². The molecule has 0 spiro atoms. The van der Waals surface area contributed by atoms with Gasteiger partial charge in [-0.3, -0.25) is 0 Å². The number of likely N-dealkylation sites (N-methyl/N-ethyl adjacent to an activating group) is 1.